The Balaban J connectivity index is 1.54. The summed E-state index contributed by atoms with van der Waals surface area (Å²) in [6.45, 7) is 0. The number of aromatic nitrogens is 7. The van der Waals surface area contributed by atoms with Crippen molar-refractivity contribution in [1.29, 1.82) is 0 Å². The molecule has 0 aliphatic heterocycles. The highest BCUT2D eigenvalue weighted by atomic mass is 35.5. The number of carbonyl (C=O) groups excluding carboxylic acids is 1. The third kappa shape index (κ3) is 4.27. The van der Waals surface area contributed by atoms with Crippen LogP contribution in [0, 0.1) is 0 Å². The van der Waals surface area contributed by atoms with Crippen molar-refractivity contribution >= 4 is 45.7 Å². The van der Waals surface area contributed by atoms with Crippen molar-refractivity contribution in [2.24, 2.45) is 0 Å². The second-order valence-corrected chi connectivity index (χ2v) is 8.52. The summed E-state index contributed by atoms with van der Waals surface area (Å²) < 4.78 is 43.4. The second-order valence-electron chi connectivity index (χ2n) is 7.32. The third-order valence-corrected chi connectivity index (χ3v) is 6.12. The normalized spacial score (nSPS) is 11.7. The molecule has 9 nitrogen and oxygen atoms in total. The predicted molar refractivity (Wildman–Crippen MR) is 128 cm³/mol. The molecule has 0 spiro atoms. The van der Waals surface area contributed by atoms with E-state index in [9.17, 15) is 18.0 Å². The number of thioether (sulfide) groups is 1. The summed E-state index contributed by atoms with van der Waals surface area (Å²) in [6.07, 6.45) is 3.20. The van der Waals surface area contributed by atoms with Crippen molar-refractivity contribution in [1.82, 2.24) is 34.7 Å². The molecule has 1 N–H and O–H groups in total. The summed E-state index contributed by atoms with van der Waals surface area (Å²) in [7, 11) is 0. The molecule has 4 heterocycles. The van der Waals surface area contributed by atoms with Gasteiger partial charge in [-0.15, -0.1) is 16.6 Å². The van der Waals surface area contributed by atoms with Gasteiger partial charge in [-0.25, -0.2) is 14.6 Å². The molecule has 4 aromatic heterocycles. The molecule has 36 heavy (non-hydrogen) atoms. The van der Waals surface area contributed by atoms with Gasteiger partial charge in [-0.1, -0.05) is 35.9 Å². The minimum Gasteiger partial charge on any atom is -0.320 e. The fraction of sp³-hybridized carbons (Fsp3) is 0.0909. The molecule has 0 bridgehead atoms. The molecular weight excluding hydrogens is 517 g/mol. The Morgan fingerprint density at radius 2 is 1.75 bits per heavy atom. The highest BCUT2D eigenvalue weighted by molar-refractivity contribution is 7.98. The number of hydrogen-bond acceptors (Lipinski definition) is 7. The van der Waals surface area contributed by atoms with Crippen LogP contribution in [0.25, 0.3) is 22.3 Å². The molecule has 0 atom stereocenters. The first kappa shape index (κ1) is 23.8. The average molecular weight is 531 g/mol. The van der Waals surface area contributed by atoms with Crippen LogP contribution < -0.4 is 5.32 Å². The third-order valence-electron chi connectivity index (χ3n) is 5.13. The van der Waals surface area contributed by atoms with Gasteiger partial charge in [-0.2, -0.15) is 28.5 Å². The topological polar surface area (TPSA) is 103 Å². The first-order valence-corrected chi connectivity index (χ1v) is 11.8. The van der Waals surface area contributed by atoms with Crippen LogP contribution in [0.5, 0.6) is 0 Å². The van der Waals surface area contributed by atoms with Crippen LogP contribution in [0.1, 0.15) is 16.1 Å². The Hall–Kier alpha value is -3.97. The zero-order valence-electron chi connectivity index (χ0n) is 18.2. The Labute approximate surface area is 210 Å². The quantitative estimate of drug-likeness (QED) is 0.317. The molecule has 0 saturated heterocycles. The van der Waals surface area contributed by atoms with Gasteiger partial charge in [0.25, 0.3) is 5.91 Å². The van der Waals surface area contributed by atoms with Crippen molar-refractivity contribution in [3.8, 4) is 11.5 Å². The van der Waals surface area contributed by atoms with Gasteiger partial charge in [-0.3, -0.25) is 4.79 Å². The van der Waals surface area contributed by atoms with E-state index in [4.69, 9.17) is 11.6 Å². The van der Waals surface area contributed by atoms with E-state index in [0.717, 1.165) is 6.20 Å². The fourth-order valence-electron chi connectivity index (χ4n) is 3.62. The van der Waals surface area contributed by atoms with Crippen molar-refractivity contribution in [2.75, 3.05) is 11.6 Å². The van der Waals surface area contributed by atoms with Crippen LogP contribution in [0.4, 0.5) is 18.9 Å². The Kier molecular flexibility index (Phi) is 6.10. The molecule has 0 aliphatic rings. The van der Waals surface area contributed by atoms with E-state index in [1.807, 2.05) is 6.26 Å². The Morgan fingerprint density at radius 3 is 2.42 bits per heavy atom. The van der Waals surface area contributed by atoms with Crippen LogP contribution in [0.2, 0.25) is 5.02 Å². The second kappa shape index (κ2) is 9.24. The van der Waals surface area contributed by atoms with Gasteiger partial charge >= 0.3 is 6.18 Å². The lowest BCUT2D eigenvalue weighted by atomic mass is 10.1. The lowest BCUT2D eigenvalue weighted by Gasteiger charge is -2.15. The molecule has 5 rings (SSSR count). The van der Waals surface area contributed by atoms with Gasteiger partial charge < -0.3 is 5.32 Å². The van der Waals surface area contributed by atoms with E-state index in [-0.39, 0.29) is 22.2 Å². The highest BCUT2D eigenvalue weighted by Crippen LogP contribution is 2.36. The van der Waals surface area contributed by atoms with E-state index < -0.39 is 23.3 Å². The van der Waals surface area contributed by atoms with Gasteiger partial charge in [0.2, 0.25) is 0 Å². The van der Waals surface area contributed by atoms with Crippen LogP contribution in [0.15, 0.2) is 66.3 Å². The maximum Gasteiger partial charge on any atom is 0.434 e. The molecule has 0 radical (unpaired) electrons. The minimum atomic E-state index is -4.89. The molecule has 182 valence electrons. The minimum absolute atomic E-state index is 0.0817. The van der Waals surface area contributed by atoms with Gasteiger partial charge in [0.05, 0.1) is 52.9 Å². The lowest BCUT2D eigenvalue weighted by molar-refractivity contribution is -0.143. The Morgan fingerprint density at radius 1 is 1.03 bits per heavy atom. The zero-order chi connectivity index (χ0) is 25.4. The van der Waals surface area contributed by atoms with Crippen molar-refractivity contribution in [3.05, 3.63) is 77.6 Å². The number of benzene rings is 1. The van der Waals surface area contributed by atoms with Crippen molar-refractivity contribution in [3.63, 3.8) is 0 Å². The number of halogens is 4. The number of anilines is 1. The summed E-state index contributed by atoms with van der Waals surface area (Å²) in [5, 5.41) is 16.1. The summed E-state index contributed by atoms with van der Waals surface area (Å²) in [4.78, 5) is 22.5. The maximum absolute atomic E-state index is 14.2. The van der Waals surface area contributed by atoms with Gasteiger partial charge in [0, 0.05) is 10.8 Å². The van der Waals surface area contributed by atoms with E-state index in [2.05, 4.69) is 30.6 Å². The number of rotatable bonds is 5. The van der Waals surface area contributed by atoms with Gasteiger partial charge in [0.15, 0.2) is 11.5 Å². The first-order valence-electron chi connectivity index (χ1n) is 10.2. The van der Waals surface area contributed by atoms with Crippen LogP contribution >= 0.6 is 23.4 Å². The number of nitrogens with zero attached hydrogens (tertiary/aromatic N) is 7. The van der Waals surface area contributed by atoms with Crippen molar-refractivity contribution in [2.45, 2.75) is 11.2 Å². The van der Waals surface area contributed by atoms with E-state index in [1.54, 1.807) is 24.3 Å². The van der Waals surface area contributed by atoms with Crippen LogP contribution in [-0.2, 0) is 6.18 Å². The SMILES string of the molecule is CSc1ncc(-n2ncc(C(=O)Nc3cnc(-n4nccn4)c(Cl)c3)c2C(F)(F)F)c2ccccc12. The summed E-state index contributed by atoms with van der Waals surface area (Å²) in [5.41, 5.74) is -1.73. The van der Waals surface area contributed by atoms with Crippen molar-refractivity contribution < 1.29 is 18.0 Å². The summed E-state index contributed by atoms with van der Waals surface area (Å²) in [5.74, 6) is -0.842. The standard InChI is InChI=1S/C22H14ClF3N8OS/c1-36-21-14-5-3-2-4-13(14)17(11-28-21)33-18(22(24,25)26)15(10-31-33)20(35)32-12-8-16(23)19(27-9-12)34-29-6-7-30-34/h2-11H,1H3,(H,32,35). The molecule has 0 saturated carbocycles. The highest BCUT2D eigenvalue weighted by Gasteiger charge is 2.41. The summed E-state index contributed by atoms with van der Waals surface area (Å²) in [6, 6.07) is 8.26. The molecule has 0 aliphatic carbocycles. The monoisotopic (exact) mass is 530 g/mol. The number of hydrogen-bond donors (Lipinski definition) is 1. The first-order chi connectivity index (χ1) is 17.3. The molecule has 14 heteroatoms. The van der Waals surface area contributed by atoms with Crippen LogP contribution in [0.3, 0.4) is 0 Å². The maximum atomic E-state index is 14.2. The van der Waals surface area contributed by atoms with E-state index in [0.29, 0.717) is 20.5 Å². The largest absolute Gasteiger partial charge is 0.434 e. The van der Waals surface area contributed by atoms with E-state index >= 15 is 0 Å². The van der Waals surface area contributed by atoms with Gasteiger partial charge in [-0.05, 0) is 12.3 Å². The number of nitrogens with one attached hydrogen (secondary N) is 1. The number of alkyl halides is 3. The summed E-state index contributed by atoms with van der Waals surface area (Å²) >= 11 is 7.57. The van der Waals surface area contributed by atoms with Crippen LogP contribution in [-0.4, -0.2) is 46.9 Å². The molecular formula is C22H14ClF3N8OS. The Bertz CT molecular complexity index is 1590. The lowest BCUT2D eigenvalue weighted by Crippen LogP contribution is -2.21. The molecule has 1 amide bonds. The zero-order valence-corrected chi connectivity index (χ0v) is 19.8. The number of pyridine rings is 2. The smallest absolute Gasteiger partial charge is 0.320 e. The number of carbonyl (C=O) groups is 1. The number of amides is 1. The predicted octanol–water partition coefficient (Wildman–Crippen LogP) is 5.04. The fourth-order valence-corrected chi connectivity index (χ4v) is 4.42. The molecule has 0 fully saturated rings. The number of fused-ring (bicyclic) bond motifs is 1. The molecule has 0 unspecified atom stereocenters. The molecule has 5 aromatic rings. The average Bonchev–Trinajstić information content (AvgIpc) is 3.54. The van der Waals surface area contributed by atoms with E-state index in [1.165, 1.54) is 47.4 Å². The molecule has 1 aromatic carbocycles. The van der Waals surface area contributed by atoms with Gasteiger partial charge in [0.1, 0.15) is 5.03 Å².